The Labute approximate surface area is 127 Å². The summed E-state index contributed by atoms with van der Waals surface area (Å²) in [6.07, 6.45) is 1.70. The maximum Gasteiger partial charge on any atom is 0.258 e. The van der Waals surface area contributed by atoms with E-state index in [-0.39, 0.29) is 11.4 Å². The summed E-state index contributed by atoms with van der Waals surface area (Å²) in [5.41, 5.74) is 3.34. The number of aromatic nitrogens is 2. The standard InChI is InChI=1S/C17H16FN3O/c1-11-5-6-13(8-15(11)18)19-10-14-9-16(22)21-7-3-4-12(2)17(21)20-14/h3-9,19H,10H2,1-2H3. The van der Waals surface area contributed by atoms with Crippen LogP contribution in [-0.2, 0) is 6.54 Å². The number of halogens is 1. The van der Waals surface area contributed by atoms with Crippen molar-refractivity contribution >= 4 is 11.3 Å². The fourth-order valence-electron chi connectivity index (χ4n) is 2.29. The highest BCUT2D eigenvalue weighted by Crippen LogP contribution is 2.14. The third kappa shape index (κ3) is 2.70. The van der Waals surface area contributed by atoms with Crippen molar-refractivity contribution < 1.29 is 4.39 Å². The van der Waals surface area contributed by atoms with E-state index in [9.17, 15) is 9.18 Å². The summed E-state index contributed by atoms with van der Waals surface area (Å²) in [5.74, 6) is -0.257. The topological polar surface area (TPSA) is 46.4 Å². The van der Waals surface area contributed by atoms with Gasteiger partial charge in [0.15, 0.2) is 0 Å². The van der Waals surface area contributed by atoms with E-state index in [2.05, 4.69) is 10.3 Å². The Kier molecular flexibility index (Phi) is 3.63. The normalized spacial score (nSPS) is 10.9. The van der Waals surface area contributed by atoms with Gasteiger partial charge in [-0.15, -0.1) is 0 Å². The largest absolute Gasteiger partial charge is 0.379 e. The number of hydrogen-bond acceptors (Lipinski definition) is 3. The molecule has 0 saturated heterocycles. The SMILES string of the molecule is Cc1ccc(NCc2cc(=O)n3cccc(C)c3n2)cc1F. The van der Waals surface area contributed by atoms with E-state index in [1.54, 1.807) is 25.3 Å². The average Bonchev–Trinajstić information content (AvgIpc) is 2.50. The molecule has 2 heterocycles. The van der Waals surface area contributed by atoms with Crippen LogP contribution in [-0.4, -0.2) is 9.38 Å². The van der Waals surface area contributed by atoms with Crippen molar-refractivity contribution in [1.29, 1.82) is 0 Å². The molecule has 0 saturated carbocycles. The van der Waals surface area contributed by atoms with Crippen molar-refractivity contribution in [3.8, 4) is 0 Å². The maximum absolute atomic E-state index is 13.5. The van der Waals surface area contributed by atoms with Crippen LogP contribution in [0.25, 0.3) is 5.65 Å². The Hall–Kier alpha value is -2.69. The molecule has 0 unspecified atom stereocenters. The number of pyridine rings is 1. The number of hydrogen-bond donors (Lipinski definition) is 1. The molecule has 112 valence electrons. The van der Waals surface area contributed by atoms with Crippen molar-refractivity contribution in [3.05, 3.63) is 75.6 Å². The van der Waals surface area contributed by atoms with Crippen LogP contribution in [0.4, 0.5) is 10.1 Å². The van der Waals surface area contributed by atoms with Gasteiger partial charge in [0, 0.05) is 18.0 Å². The maximum atomic E-state index is 13.5. The predicted octanol–water partition coefficient (Wildman–Crippen LogP) is 3.06. The minimum absolute atomic E-state index is 0.124. The number of rotatable bonds is 3. The number of fused-ring (bicyclic) bond motifs is 1. The smallest absolute Gasteiger partial charge is 0.258 e. The van der Waals surface area contributed by atoms with Gasteiger partial charge in [-0.25, -0.2) is 9.37 Å². The van der Waals surface area contributed by atoms with Crippen molar-refractivity contribution in [2.24, 2.45) is 0 Å². The molecule has 0 aliphatic rings. The first-order chi connectivity index (χ1) is 10.5. The first-order valence-electron chi connectivity index (χ1n) is 7.02. The number of nitrogens with zero attached hydrogens (tertiary/aromatic N) is 2. The van der Waals surface area contributed by atoms with Gasteiger partial charge < -0.3 is 5.32 Å². The molecule has 0 aliphatic heterocycles. The summed E-state index contributed by atoms with van der Waals surface area (Å²) in [7, 11) is 0. The number of nitrogens with one attached hydrogen (secondary N) is 1. The molecule has 0 fully saturated rings. The fourth-order valence-corrected chi connectivity index (χ4v) is 2.29. The second-order valence-corrected chi connectivity index (χ2v) is 5.29. The minimum Gasteiger partial charge on any atom is -0.379 e. The number of anilines is 1. The first kappa shape index (κ1) is 14.3. The summed E-state index contributed by atoms with van der Waals surface area (Å²) in [5, 5.41) is 3.09. The first-order valence-corrected chi connectivity index (χ1v) is 7.02. The van der Waals surface area contributed by atoms with Gasteiger partial charge in [0.2, 0.25) is 0 Å². The second kappa shape index (κ2) is 5.60. The van der Waals surface area contributed by atoms with Crippen LogP contribution in [0.15, 0.2) is 47.4 Å². The molecule has 0 aliphatic carbocycles. The number of benzene rings is 1. The lowest BCUT2D eigenvalue weighted by Crippen LogP contribution is -2.17. The third-order valence-corrected chi connectivity index (χ3v) is 3.58. The second-order valence-electron chi connectivity index (χ2n) is 5.29. The molecule has 0 atom stereocenters. The Balaban J connectivity index is 1.89. The highest BCUT2D eigenvalue weighted by molar-refractivity contribution is 5.48. The summed E-state index contributed by atoms with van der Waals surface area (Å²) in [4.78, 5) is 16.6. The highest BCUT2D eigenvalue weighted by atomic mass is 19.1. The zero-order chi connectivity index (χ0) is 15.7. The van der Waals surface area contributed by atoms with Gasteiger partial charge in [0.1, 0.15) is 11.5 Å². The molecule has 5 heteroatoms. The molecule has 3 rings (SSSR count). The molecule has 0 spiro atoms. The molecule has 3 aromatic rings. The molecule has 22 heavy (non-hydrogen) atoms. The highest BCUT2D eigenvalue weighted by Gasteiger charge is 2.05. The lowest BCUT2D eigenvalue weighted by atomic mass is 10.2. The zero-order valence-corrected chi connectivity index (χ0v) is 12.4. The molecular weight excluding hydrogens is 281 g/mol. The van der Waals surface area contributed by atoms with Crippen molar-refractivity contribution in [2.75, 3.05) is 5.32 Å². The van der Waals surface area contributed by atoms with E-state index in [1.165, 1.54) is 16.5 Å². The molecule has 0 radical (unpaired) electrons. The van der Waals surface area contributed by atoms with Gasteiger partial charge >= 0.3 is 0 Å². The van der Waals surface area contributed by atoms with E-state index in [1.807, 2.05) is 19.1 Å². The van der Waals surface area contributed by atoms with Crippen LogP contribution in [0.2, 0.25) is 0 Å². The molecule has 0 amide bonds. The molecular formula is C17H16FN3O. The van der Waals surface area contributed by atoms with Crippen molar-refractivity contribution in [1.82, 2.24) is 9.38 Å². The summed E-state index contributed by atoms with van der Waals surface area (Å²) in [6, 6.07) is 10.2. The Morgan fingerprint density at radius 1 is 1.18 bits per heavy atom. The van der Waals surface area contributed by atoms with Gasteiger partial charge in [-0.1, -0.05) is 12.1 Å². The van der Waals surface area contributed by atoms with E-state index < -0.39 is 0 Å². The van der Waals surface area contributed by atoms with E-state index in [0.29, 0.717) is 29.1 Å². The fraction of sp³-hybridized carbons (Fsp3) is 0.176. The predicted molar refractivity (Wildman–Crippen MR) is 84.7 cm³/mol. The Morgan fingerprint density at radius 3 is 2.77 bits per heavy atom. The third-order valence-electron chi connectivity index (χ3n) is 3.58. The number of aryl methyl sites for hydroxylation is 2. The zero-order valence-electron chi connectivity index (χ0n) is 12.4. The summed E-state index contributed by atoms with van der Waals surface area (Å²) < 4.78 is 15.0. The van der Waals surface area contributed by atoms with Crippen LogP contribution in [0, 0.1) is 19.7 Å². The van der Waals surface area contributed by atoms with E-state index >= 15 is 0 Å². The molecule has 4 nitrogen and oxygen atoms in total. The van der Waals surface area contributed by atoms with E-state index in [0.717, 1.165) is 5.56 Å². The molecule has 2 aromatic heterocycles. The lowest BCUT2D eigenvalue weighted by Gasteiger charge is -2.09. The molecule has 1 aromatic carbocycles. The molecule has 0 bridgehead atoms. The van der Waals surface area contributed by atoms with Crippen LogP contribution >= 0.6 is 0 Å². The summed E-state index contributed by atoms with van der Waals surface area (Å²) >= 11 is 0. The summed E-state index contributed by atoms with van der Waals surface area (Å²) in [6.45, 7) is 3.99. The van der Waals surface area contributed by atoms with Crippen LogP contribution in [0.3, 0.4) is 0 Å². The monoisotopic (exact) mass is 297 g/mol. The minimum atomic E-state index is -0.257. The van der Waals surface area contributed by atoms with Gasteiger partial charge in [-0.3, -0.25) is 9.20 Å². The average molecular weight is 297 g/mol. The van der Waals surface area contributed by atoms with Gasteiger partial charge in [0.25, 0.3) is 5.56 Å². The van der Waals surface area contributed by atoms with E-state index in [4.69, 9.17) is 0 Å². The van der Waals surface area contributed by atoms with Crippen molar-refractivity contribution in [2.45, 2.75) is 20.4 Å². The van der Waals surface area contributed by atoms with Crippen LogP contribution in [0.1, 0.15) is 16.8 Å². The Bertz CT molecular complexity index is 902. The van der Waals surface area contributed by atoms with Gasteiger partial charge in [-0.05, 0) is 43.2 Å². The quantitative estimate of drug-likeness (QED) is 0.808. The van der Waals surface area contributed by atoms with Gasteiger partial charge in [0.05, 0.1) is 12.2 Å². The lowest BCUT2D eigenvalue weighted by molar-refractivity contribution is 0.619. The Morgan fingerprint density at radius 2 is 2.00 bits per heavy atom. The molecule has 1 N–H and O–H groups in total. The van der Waals surface area contributed by atoms with Crippen LogP contribution in [0.5, 0.6) is 0 Å². The van der Waals surface area contributed by atoms with Crippen LogP contribution < -0.4 is 10.9 Å². The van der Waals surface area contributed by atoms with Crippen molar-refractivity contribution in [3.63, 3.8) is 0 Å². The van der Waals surface area contributed by atoms with Gasteiger partial charge in [-0.2, -0.15) is 0 Å².